The molecule has 0 aliphatic heterocycles. The van der Waals surface area contributed by atoms with E-state index in [1.54, 1.807) is 76.2 Å². The Balaban J connectivity index is 0.000000181. The van der Waals surface area contributed by atoms with Gasteiger partial charge in [-0.15, -0.1) is 6.42 Å². The Bertz CT molecular complexity index is 6530. The zero-order valence-corrected chi connectivity index (χ0v) is 70.9. The number of sulfonamides is 4. The summed E-state index contributed by atoms with van der Waals surface area (Å²) in [6.07, 6.45) is 13.1. The fraction of sp³-hybridized carbons (Fsp3) is 0.225. The number of rotatable bonds is 22. The first kappa shape index (κ1) is 90.4. The summed E-state index contributed by atoms with van der Waals surface area (Å²) in [5, 5.41) is 48.4. The van der Waals surface area contributed by atoms with Gasteiger partial charge in [0.1, 0.15) is 52.7 Å². The molecular formula is C80H81BrF4N16O14S4. The molecule has 0 bridgehead atoms. The van der Waals surface area contributed by atoms with Gasteiger partial charge >= 0.3 is 0 Å². The Morgan fingerprint density at radius 2 is 0.697 bits per heavy atom. The van der Waals surface area contributed by atoms with Crippen molar-refractivity contribution in [1.29, 1.82) is 0 Å². The van der Waals surface area contributed by atoms with Crippen molar-refractivity contribution < 1.29 is 80.6 Å². The summed E-state index contributed by atoms with van der Waals surface area (Å²) >= 11 is 3.41. The number of nitrogens with zero attached hydrogens (tertiary/aromatic N) is 12. The third-order valence-corrected chi connectivity index (χ3v) is 23.5. The maximum absolute atomic E-state index is 13.4. The monoisotopic (exact) mass is 1770 g/mol. The number of carbonyl (C=O) groups excluding carboxylic acids is 4. The van der Waals surface area contributed by atoms with Crippen LogP contribution in [0.2, 0.25) is 0 Å². The lowest BCUT2D eigenvalue weighted by atomic mass is 10.1. The van der Waals surface area contributed by atoms with E-state index in [4.69, 9.17) is 11.5 Å². The molecule has 8 aromatic carbocycles. The minimum Gasteiger partial charge on any atom is -0.392 e. The van der Waals surface area contributed by atoms with Crippen LogP contribution in [0.5, 0.6) is 0 Å². The largest absolute Gasteiger partial charge is 0.392 e. The summed E-state index contributed by atoms with van der Waals surface area (Å²) < 4.78 is 162. The molecule has 0 fully saturated rings. The standard InChI is InChI=1S/C21H23FN4O4S.C21H21FN4O4S.C20H19FN4O3S.C18H18BrFN4O3S/c2*1-4-25(31(3,29)30)19-13-18-17(12-14(19)6-5-11-27)20(21(28)23-2)26(24-18)16-9-7-15(22)8-10-16;1-5-13-11-16-17(12-18(13)24(6-2)29(4,27)28)23-25(19(16)20(26)22-3)15-9-7-14(21)8-10-15;1-4-23(28(3,26)27)16-10-15-13(9-14(16)19)17(18(25)21-2)24(22-15)12-7-5-11(20)6-8-12/h5-10,12-13,27H,4,11H2,1-3H3,(H,23,28);7-10,12-13,27H,4,11H2,1-3H3,(H,23,28);1,7-12H,6H2,2-4H3,(H,22,26);5-10H,4H2,1-3H3,(H,21,25)/b6-5-;;;. The topological polar surface area (TPSA) is 378 Å². The van der Waals surface area contributed by atoms with Crippen molar-refractivity contribution in [3.05, 3.63) is 219 Å². The van der Waals surface area contributed by atoms with E-state index >= 15 is 0 Å². The van der Waals surface area contributed by atoms with Gasteiger partial charge in [-0.1, -0.05) is 29.9 Å². The van der Waals surface area contributed by atoms with E-state index in [-0.39, 0.29) is 67.2 Å². The number of carbonyl (C=O) groups is 4. The molecule has 0 saturated carbocycles. The Labute approximate surface area is 692 Å². The number of hydrogen-bond acceptors (Lipinski definition) is 18. The highest BCUT2D eigenvalue weighted by molar-refractivity contribution is 9.10. The lowest BCUT2D eigenvalue weighted by Crippen LogP contribution is -2.30. The van der Waals surface area contributed by atoms with Crippen LogP contribution in [0.1, 0.15) is 86.3 Å². The third kappa shape index (κ3) is 20.0. The Hall–Kier alpha value is -12.5. The highest BCUT2D eigenvalue weighted by Gasteiger charge is 2.30. The van der Waals surface area contributed by atoms with Crippen LogP contribution < -0.4 is 38.5 Å². The van der Waals surface area contributed by atoms with Crippen LogP contribution in [0.25, 0.3) is 72.4 Å². The summed E-state index contributed by atoms with van der Waals surface area (Å²) in [4.78, 5) is 50.5. The SMILES string of the molecule is C#Cc1cc2c(C(=O)NC)n(-c3ccc(F)cc3)nc2cc1N(CC)S(C)(=O)=O.CCN(c1cc2nn(-c3ccc(F)cc3)c(C(=O)NC)c2cc1/C=C\CO)S(C)(=O)=O.CCN(c1cc2nn(-c3ccc(F)cc3)c(C(=O)NC)c2cc1Br)S(C)(=O)=O.CCN(c1cc2nn(-c3ccc(F)cc3)c(C(=O)NC)c2cc1C#CCO)S(C)(=O)=O. The first-order valence-electron chi connectivity index (χ1n) is 35.9. The van der Waals surface area contributed by atoms with Crippen molar-refractivity contribution >= 4 is 152 Å². The summed E-state index contributed by atoms with van der Waals surface area (Å²) in [7, 11) is -8.32. The average molecular weight is 1770 g/mol. The van der Waals surface area contributed by atoms with Crippen LogP contribution in [0, 0.1) is 47.5 Å². The van der Waals surface area contributed by atoms with Crippen LogP contribution in [0.3, 0.4) is 0 Å². The number of nitrogens with one attached hydrogen (secondary N) is 4. The van der Waals surface area contributed by atoms with Gasteiger partial charge in [0.05, 0.1) is 99.2 Å². The molecule has 39 heteroatoms. The molecule has 0 saturated heterocycles. The van der Waals surface area contributed by atoms with Crippen molar-refractivity contribution in [2.75, 3.05) is 110 Å². The summed E-state index contributed by atoms with van der Waals surface area (Å²) in [6, 6.07) is 34.8. The molecule has 0 radical (unpaired) electrons. The highest BCUT2D eigenvalue weighted by Crippen LogP contribution is 2.38. The van der Waals surface area contributed by atoms with Crippen molar-refractivity contribution in [2.24, 2.45) is 0 Å². The van der Waals surface area contributed by atoms with E-state index in [1.165, 1.54) is 173 Å². The number of fused-ring (bicyclic) bond motifs is 4. The van der Waals surface area contributed by atoms with Crippen LogP contribution in [-0.4, -0.2) is 199 Å². The Kier molecular flexibility index (Phi) is 28.7. The molecule has 6 N–H and O–H groups in total. The number of halogens is 5. The Morgan fingerprint density at radius 3 is 0.983 bits per heavy atom. The van der Waals surface area contributed by atoms with Gasteiger partial charge in [-0.2, -0.15) is 20.4 Å². The maximum atomic E-state index is 13.4. The predicted octanol–water partition coefficient (Wildman–Crippen LogP) is 9.33. The molecule has 0 unspecified atom stereocenters. The molecule has 0 aliphatic rings. The lowest BCUT2D eigenvalue weighted by Gasteiger charge is -2.22. The summed E-state index contributed by atoms with van der Waals surface area (Å²) in [6.45, 7) is 6.91. The Morgan fingerprint density at radius 1 is 0.429 bits per heavy atom. The fourth-order valence-electron chi connectivity index (χ4n) is 12.7. The molecule has 12 aromatic rings. The van der Waals surface area contributed by atoms with Gasteiger partial charge in [0.2, 0.25) is 40.1 Å². The van der Waals surface area contributed by atoms with Gasteiger partial charge in [0.25, 0.3) is 23.6 Å². The fourth-order valence-corrected chi connectivity index (χ4v) is 17.3. The molecule has 0 aliphatic carbocycles. The van der Waals surface area contributed by atoms with E-state index in [9.17, 15) is 75.5 Å². The first-order valence-corrected chi connectivity index (χ1v) is 44.1. The minimum atomic E-state index is -3.62. The molecule has 0 atom stereocenters. The maximum Gasteiger partial charge on any atom is 0.270 e. The molecule has 0 spiro atoms. The van der Waals surface area contributed by atoms with Crippen molar-refractivity contribution in [3.63, 3.8) is 0 Å². The zero-order valence-electron chi connectivity index (χ0n) is 66.0. The number of anilines is 4. The lowest BCUT2D eigenvalue weighted by molar-refractivity contribution is 0.0949. The van der Waals surface area contributed by atoms with E-state index < -0.39 is 87.7 Å². The number of terminal acetylenes is 1. The number of hydrogen-bond donors (Lipinski definition) is 6. The van der Waals surface area contributed by atoms with Gasteiger partial charge in [-0.25, -0.2) is 70.0 Å². The van der Waals surface area contributed by atoms with E-state index in [0.29, 0.717) is 105 Å². The quantitative estimate of drug-likeness (QED) is 0.0272. The molecule has 12 rings (SSSR count). The third-order valence-electron chi connectivity index (χ3n) is 17.9. The first-order chi connectivity index (χ1) is 56.3. The van der Waals surface area contributed by atoms with Crippen molar-refractivity contribution in [1.82, 2.24) is 60.4 Å². The molecule has 4 heterocycles. The highest BCUT2D eigenvalue weighted by atomic mass is 79.9. The van der Waals surface area contributed by atoms with E-state index in [0.717, 1.165) is 25.0 Å². The second-order valence-electron chi connectivity index (χ2n) is 25.7. The van der Waals surface area contributed by atoms with Crippen molar-refractivity contribution in [2.45, 2.75) is 27.7 Å². The number of amides is 4. The van der Waals surface area contributed by atoms with Gasteiger partial charge in [-0.05, 0) is 195 Å². The predicted molar refractivity (Wildman–Crippen MR) is 455 cm³/mol. The molecule has 30 nitrogen and oxygen atoms in total. The molecule has 4 aromatic heterocycles. The molecule has 4 amide bonds. The van der Waals surface area contributed by atoms with Crippen LogP contribution >= 0.6 is 15.9 Å². The molecular weight excluding hydrogens is 1690 g/mol. The second-order valence-corrected chi connectivity index (χ2v) is 34.2. The van der Waals surface area contributed by atoms with Crippen molar-refractivity contribution in [3.8, 4) is 46.9 Å². The van der Waals surface area contributed by atoms with Gasteiger partial charge in [0, 0.05) is 91.5 Å². The number of aromatic nitrogens is 8. The number of aliphatic hydroxyl groups excluding tert-OH is 2. The van der Waals surface area contributed by atoms with Crippen LogP contribution in [0.4, 0.5) is 40.3 Å². The van der Waals surface area contributed by atoms with Gasteiger partial charge < -0.3 is 31.5 Å². The van der Waals surface area contributed by atoms with E-state index in [2.05, 4.69) is 75.4 Å². The zero-order chi connectivity index (χ0) is 87.5. The summed E-state index contributed by atoms with van der Waals surface area (Å²) in [5.41, 5.74) is 6.84. The molecule has 624 valence electrons. The normalized spacial score (nSPS) is 11.5. The van der Waals surface area contributed by atoms with Gasteiger partial charge in [-0.3, -0.25) is 36.4 Å². The van der Waals surface area contributed by atoms with Crippen LogP contribution in [-0.2, 0) is 40.1 Å². The summed E-state index contributed by atoms with van der Waals surface area (Å²) in [5.74, 6) is 4.46. The van der Waals surface area contributed by atoms with Crippen LogP contribution in [0.15, 0.2) is 156 Å². The smallest absolute Gasteiger partial charge is 0.270 e. The second kappa shape index (κ2) is 37.8. The molecule has 119 heavy (non-hydrogen) atoms. The number of aliphatic hydroxyl groups is 2. The minimum absolute atomic E-state index is 0.152. The number of benzene rings is 8. The van der Waals surface area contributed by atoms with Gasteiger partial charge in [0.15, 0.2) is 0 Å². The van der Waals surface area contributed by atoms with E-state index in [1.807, 2.05) is 0 Å². The average Bonchev–Trinajstić information content (AvgIpc) is 1.63.